The lowest BCUT2D eigenvalue weighted by molar-refractivity contribution is 0.412. The number of hydrogen-bond donors (Lipinski definition) is 1. The van der Waals surface area contributed by atoms with Gasteiger partial charge in [-0.2, -0.15) is 0 Å². The van der Waals surface area contributed by atoms with E-state index in [1.54, 1.807) is 0 Å². The second-order valence-corrected chi connectivity index (χ2v) is 3.54. The predicted molar refractivity (Wildman–Crippen MR) is 62.7 cm³/mol. The first-order chi connectivity index (χ1) is 7.40. The Balaban J connectivity index is 0.000000144. The van der Waals surface area contributed by atoms with Gasteiger partial charge in [0.15, 0.2) is 0 Å². The fraction of sp³-hybridized carbons (Fsp3) is 0.231. The zero-order valence-electron chi connectivity index (χ0n) is 8.60. The Bertz CT molecular complexity index is 358. The van der Waals surface area contributed by atoms with Gasteiger partial charge in [0.05, 0.1) is 12.7 Å². The van der Waals surface area contributed by atoms with E-state index in [0.29, 0.717) is 12.6 Å². The average molecular weight is 201 g/mol. The third kappa shape index (κ3) is 3.05. The van der Waals surface area contributed by atoms with E-state index in [4.69, 9.17) is 10.5 Å². The van der Waals surface area contributed by atoms with Crippen LogP contribution < -0.4 is 5.73 Å². The predicted octanol–water partition coefficient (Wildman–Crippen LogP) is 2.18. The quantitative estimate of drug-likeness (QED) is 0.718. The van der Waals surface area contributed by atoms with Crippen LogP contribution in [0.25, 0.3) is 10.8 Å². The summed E-state index contributed by atoms with van der Waals surface area (Å²) in [5, 5.41) is 2.62. The first-order valence-electron chi connectivity index (χ1n) is 5.15. The fourth-order valence-corrected chi connectivity index (χ4v) is 1.34. The highest BCUT2D eigenvalue weighted by molar-refractivity contribution is 5.81. The summed E-state index contributed by atoms with van der Waals surface area (Å²) in [6.45, 7) is 1.58. The number of benzene rings is 2. The molecule has 0 radical (unpaired) electrons. The van der Waals surface area contributed by atoms with E-state index in [-0.39, 0.29) is 0 Å². The molecule has 0 spiro atoms. The molecule has 1 saturated heterocycles. The molecule has 2 aromatic carbocycles. The lowest BCUT2D eigenvalue weighted by Gasteiger charge is -1.92. The number of ether oxygens (including phenoxy) is 1. The highest BCUT2D eigenvalue weighted by atomic mass is 16.6. The summed E-state index contributed by atoms with van der Waals surface area (Å²) in [5.74, 6) is 0. The number of nitrogens with two attached hydrogens (primary N) is 1. The monoisotopic (exact) mass is 201 g/mol. The molecule has 0 aromatic heterocycles. The van der Waals surface area contributed by atoms with Crippen LogP contribution in [0.4, 0.5) is 0 Å². The second kappa shape index (κ2) is 4.91. The molecule has 2 N–H and O–H groups in total. The van der Waals surface area contributed by atoms with Crippen LogP contribution in [-0.4, -0.2) is 19.3 Å². The van der Waals surface area contributed by atoms with Crippen LogP contribution >= 0.6 is 0 Å². The van der Waals surface area contributed by atoms with E-state index in [1.165, 1.54) is 10.8 Å². The minimum absolute atomic E-state index is 0.412. The zero-order chi connectivity index (χ0) is 10.5. The van der Waals surface area contributed by atoms with Gasteiger partial charge in [0.2, 0.25) is 0 Å². The molecule has 1 atom stereocenters. The van der Waals surface area contributed by atoms with Crippen molar-refractivity contribution in [1.29, 1.82) is 0 Å². The molecule has 1 aliphatic rings. The summed E-state index contributed by atoms with van der Waals surface area (Å²) in [4.78, 5) is 0. The SMILES string of the molecule is NCC1CO1.c1ccc2ccccc2c1. The molecule has 1 heterocycles. The maximum absolute atomic E-state index is 5.11. The highest BCUT2D eigenvalue weighted by Crippen LogP contribution is 2.11. The number of epoxide rings is 1. The number of hydrogen-bond acceptors (Lipinski definition) is 2. The van der Waals surface area contributed by atoms with Crippen molar-refractivity contribution in [3.05, 3.63) is 48.5 Å². The van der Waals surface area contributed by atoms with Gasteiger partial charge < -0.3 is 10.5 Å². The van der Waals surface area contributed by atoms with Crippen molar-refractivity contribution in [2.24, 2.45) is 5.73 Å². The summed E-state index contributed by atoms with van der Waals surface area (Å²) < 4.78 is 4.73. The Morgan fingerprint density at radius 2 is 1.40 bits per heavy atom. The van der Waals surface area contributed by atoms with E-state index >= 15 is 0 Å². The molecule has 0 saturated carbocycles. The zero-order valence-corrected chi connectivity index (χ0v) is 8.60. The van der Waals surface area contributed by atoms with E-state index in [2.05, 4.69) is 48.5 Å². The van der Waals surface area contributed by atoms with E-state index in [9.17, 15) is 0 Å². The molecule has 2 nitrogen and oxygen atoms in total. The standard InChI is InChI=1S/C10H8.C3H7NO/c1-2-6-10-8-4-3-7-9(10)5-1;4-1-3-2-5-3/h1-8H;3H,1-2,4H2. The van der Waals surface area contributed by atoms with E-state index < -0.39 is 0 Å². The maximum atomic E-state index is 5.11. The lowest BCUT2D eigenvalue weighted by atomic mass is 10.1. The molecule has 1 aliphatic heterocycles. The van der Waals surface area contributed by atoms with Crippen LogP contribution in [0.5, 0.6) is 0 Å². The van der Waals surface area contributed by atoms with Gasteiger partial charge in [0.1, 0.15) is 0 Å². The van der Waals surface area contributed by atoms with Crippen LogP contribution in [0.1, 0.15) is 0 Å². The van der Waals surface area contributed by atoms with E-state index in [0.717, 1.165) is 6.61 Å². The van der Waals surface area contributed by atoms with Crippen LogP contribution in [0.2, 0.25) is 0 Å². The van der Waals surface area contributed by atoms with Crippen molar-refractivity contribution in [1.82, 2.24) is 0 Å². The van der Waals surface area contributed by atoms with Gasteiger partial charge in [-0.3, -0.25) is 0 Å². The molecule has 1 fully saturated rings. The van der Waals surface area contributed by atoms with Gasteiger partial charge in [-0.1, -0.05) is 48.5 Å². The fourth-order valence-electron chi connectivity index (χ4n) is 1.34. The Morgan fingerprint density at radius 1 is 1.00 bits per heavy atom. The molecule has 1 unspecified atom stereocenters. The average Bonchev–Trinajstić information content (AvgIpc) is 3.14. The van der Waals surface area contributed by atoms with Gasteiger partial charge in [-0.05, 0) is 10.8 Å². The second-order valence-electron chi connectivity index (χ2n) is 3.54. The smallest absolute Gasteiger partial charge is 0.0931 e. The lowest BCUT2D eigenvalue weighted by Crippen LogP contribution is -2.05. The maximum Gasteiger partial charge on any atom is 0.0931 e. The summed E-state index contributed by atoms with van der Waals surface area (Å²) >= 11 is 0. The van der Waals surface area contributed by atoms with Gasteiger partial charge >= 0.3 is 0 Å². The summed E-state index contributed by atoms with van der Waals surface area (Å²) in [6, 6.07) is 16.7. The van der Waals surface area contributed by atoms with Crippen molar-refractivity contribution in [3.63, 3.8) is 0 Å². The molecule has 0 amide bonds. The third-order valence-corrected chi connectivity index (χ3v) is 2.32. The molecule has 2 aromatic rings. The summed E-state index contributed by atoms with van der Waals surface area (Å²) in [6.07, 6.45) is 0.412. The Hall–Kier alpha value is -1.38. The Labute approximate surface area is 89.7 Å². The number of fused-ring (bicyclic) bond motifs is 1. The molecular weight excluding hydrogens is 186 g/mol. The van der Waals surface area contributed by atoms with E-state index in [1.807, 2.05) is 0 Å². The summed E-state index contributed by atoms with van der Waals surface area (Å²) in [5.41, 5.74) is 5.11. The largest absolute Gasteiger partial charge is 0.372 e. The Kier molecular flexibility index (Phi) is 3.33. The molecule has 2 heteroatoms. The van der Waals surface area contributed by atoms with Crippen molar-refractivity contribution in [2.45, 2.75) is 6.10 Å². The van der Waals surface area contributed by atoms with Crippen LogP contribution in [0.3, 0.4) is 0 Å². The van der Waals surface area contributed by atoms with Gasteiger partial charge in [-0.15, -0.1) is 0 Å². The first-order valence-corrected chi connectivity index (χ1v) is 5.15. The van der Waals surface area contributed by atoms with Crippen molar-refractivity contribution in [2.75, 3.05) is 13.2 Å². The number of rotatable bonds is 1. The van der Waals surface area contributed by atoms with Gasteiger partial charge in [0.25, 0.3) is 0 Å². The van der Waals surface area contributed by atoms with Crippen molar-refractivity contribution < 1.29 is 4.74 Å². The molecule has 15 heavy (non-hydrogen) atoms. The topological polar surface area (TPSA) is 38.5 Å². The molecular formula is C13H15NO. The van der Waals surface area contributed by atoms with Crippen LogP contribution in [-0.2, 0) is 4.74 Å². The molecule has 0 aliphatic carbocycles. The Morgan fingerprint density at radius 3 is 1.60 bits per heavy atom. The van der Waals surface area contributed by atoms with Crippen LogP contribution in [0.15, 0.2) is 48.5 Å². The van der Waals surface area contributed by atoms with Crippen LogP contribution in [0, 0.1) is 0 Å². The normalized spacial score (nSPS) is 18.1. The first kappa shape index (κ1) is 10.1. The minimum atomic E-state index is 0.412. The highest BCUT2D eigenvalue weighted by Gasteiger charge is 2.18. The van der Waals surface area contributed by atoms with Crippen molar-refractivity contribution >= 4 is 10.8 Å². The van der Waals surface area contributed by atoms with Crippen molar-refractivity contribution in [3.8, 4) is 0 Å². The minimum Gasteiger partial charge on any atom is -0.372 e. The summed E-state index contributed by atoms with van der Waals surface area (Å²) in [7, 11) is 0. The van der Waals surface area contributed by atoms with Gasteiger partial charge in [-0.25, -0.2) is 0 Å². The van der Waals surface area contributed by atoms with Gasteiger partial charge in [0, 0.05) is 6.54 Å². The molecule has 3 rings (SSSR count). The third-order valence-electron chi connectivity index (χ3n) is 2.32. The molecule has 78 valence electrons. The molecule has 0 bridgehead atoms.